The van der Waals surface area contributed by atoms with Crippen LogP contribution in [0.4, 0.5) is 0 Å². The van der Waals surface area contributed by atoms with Crippen LogP contribution in [0.2, 0.25) is 0 Å². The second-order valence-corrected chi connectivity index (χ2v) is 11.9. The summed E-state index contributed by atoms with van der Waals surface area (Å²) in [7, 11) is 1.59. The number of carbonyl (C=O) groups is 4. The summed E-state index contributed by atoms with van der Waals surface area (Å²) >= 11 is 0. The summed E-state index contributed by atoms with van der Waals surface area (Å²) in [5, 5.41) is 2.93. The highest BCUT2D eigenvalue weighted by Gasteiger charge is 2.50. The Balaban J connectivity index is 1.42. The standard InChI is InChI=1S/C31H44N2O7/c1-21(15-25(34)19-33-11-13-39-14-12-33)30(37)32-27(17-23-7-9-26(38-3)10-8-23)28(35)18-24(16-22-5-4-6-22)29(36)31(2)20-40-31/h7-10,21-22,24,27H,4-6,11-20H2,1-3H3,(H,32,37). The first kappa shape index (κ1) is 30.3. The maximum Gasteiger partial charge on any atom is 0.223 e. The number of amides is 1. The van der Waals surface area contributed by atoms with Gasteiger partial charge in [0.15, 0.2) is 11.6 Å². The number of epoxide rings is 1. The predicted molar refractivity (Wildman–Crippen MR) is 149 cm³/mol. The molecule has 1 aliphatic carbocycles. The van der Waals surface area contributed by atoms with E-state index in [-0.39, 0.29) is 36.1 Å². The summed E-state index contributed by atoms with van der Waals surface area (Å²) in [4.78, 5) is 55.0. The average molecular weight is 557 g/mol. The van der Waals surface area contributed by atoms with E-state index in [2.05, 4.69) is 5.32 Å². The first-order valence-electron chi connectivity index (χ1n) is 14.6. The lowest BCUT2D eigenvalue weighted by Gasteiger charge is -2.30. The first-order chi connectivity index (χ1) is 19.2. The molecular formula is C31H44N2O7. The fourth-order valence-corrected chi connectivity index (χ4v) is 5.55. The Labute approximate surface area is 237 Å². The molecule has 4 rings (SSSR count). The quantitative estimate of drug-likeness (QED) is 0.309. The van der Waals surface area contributed by atoms with Crippen molar-refractivity contribution in [2.45, 2.75) is 70.4 Å². The van der Waals surface area contributed by atoms with E-state index in [1.54, 1.807) is 21.0 Å². The van der Waals surface area contributed by atoms with E-state index in [4.69, 9.17) is 14.2 Å². The van der Waals surface area contributed by atoms with Gasteiger partial charge in [-0.2, -0.15) is 0 Å². The Hall–Kier alpha value is -2.62. The maximum absolute atomic E-state index is 13.7. The van der Waals surface area contributed by atoms with E-state index in [1.807, 2.05) is 29.2 Å². The monoisotopic (exact) mass is 556 g/mol. The number of nitrogens with zero attached hydrogens (tertiary/aromatic N) is 1. The second kappa shape index (κ2) is 13.8. The third-order valence-corrected chi connectivity index (χ3v) is 8.55. The van der Waals surface area contributed by atoms with E-state index in [0.29, 0.717) is 64.0 Å². The van der Waals surface area contributed by atoms with Gasteiger partial charge in [-0.1, -0.05) is 38.3 Å². The Morgan fingerprint density at radius 2 is 1.77 bits per heavy atom. The SMILES string of the molecule is COc1ccc(CC(NC(=O)C(C)CC(=O)CN2CCOCC2)C(=O)CC(CC2CCC2)C(=O)C2(C)CO2)cc1. The number of ether oxygens (including phenoxy) is 3. The van der Waals surface area contributed by atoms with Crippen molar-refractivity contribution in [2.75, 3.05) is 46.6 Å². The van der Waals surface area contributed by atoms with Gasteiger partial charge in [0.2, 0.25) is 5.91 Å². The summed E-state index contributed by atoms with van der Waals surface area (Å²) in [5.41, 5.74) is 0.0774. The fourth-order valence-electron chi connectivity index (χ4n) is 5.55. The number of Topliss-reactive ketones (excluding diaryl/α,β-unsaturated/α-hetero) is 3. The summed E-state index contributed by atoms with van der Waals surface area (Å²) < 4.78 is 16.0. The Kier molecular flexibility index (Phi) is 10.5. The summed E-state index contributed by atoms with van der Waals surface area (Å²) in [6, 6.07) is 6.58. The molecule has 1 amide bonds. The zero-order valence-corrected chi connectivity index (χ0v) is 24.1. The van der Waals surface area contributed by atoms with E-state index in [0.717, 1.165) is 24.8 Å². The normalized spacial score (nSPS) is 23.4. The summed E-state index contributed by atoms with van der Waals surface area (Å²) in [6.45, 7) is 6.81. The highest BCUT2D eigenvalue weighted by Crippen LogP contribution is 2.38. The lowest BCUT2D eigenvalue weighted by molar-refractivity contribution is -0.135. The van der Waals surface area contributed by atoms with E-state index < -0.39 is 23.5 Å². The molecule has 1 aromatic rings. The zero-order valence-electron chi connectivity index (χ0n) is 24.1. The Morgan fingerprint density at radius 3 is 2.35 bits per heavy atom. The van der Waals surface area contributed by atoms with Crippen molar-refractivity contribution >= 4 is 23.3 Å². The van der Waals surface area contributed by atoms with Gasteiger partial charge in [-0.3, -0.25) is 24.1 Å². The minimum atomic E-state index is -0.803. The van der Waals surface area contributed by atoms with Crippen molar-refractivity contribution in [3.8, 4) is 5.75 Å². The topological polar surface area (TPSA) is 115 Å². The lowest BCUT2D eigenvalue weighted by atomic mass is 9.74. The minimum absolute atomic E-state index is 0.00795. The van der Waals surface area contributed by atoms with Crippen molar-refractivity contribution in [2.24, 2.45) is 17.8 Å². The fraction of sp³-hybridized carbons (Fsp3) is 0.677. The molecule has 40 heavy (non-hydrogen) atoms. The minimum Gasteiger partial charge on any atom is -0.497 e. The molecule has 1 N–H and O–H groups in total. The van der Waals surface area contributed by atoms with Crippen LogP contribution in [0.15, 0.2) is 24.3 Å². The summed E-state index contributed by atoms with van der Waals surface area (Å²) in [5.74, 6) is -0.364. The molecule has 0 aromatic heterocycles. The van der Waals surface area contributed by atoms with Gasteiger partial charge in [-0.25, -0.2) is 0 Å². The van der Waals surface area contributed by atoms with Crippen LogP contribution >= 0.6 is 0 Å². The van der Waals surface area contributed by atoms with Crippen molar-refractivity contribution in [1.82, 2.24) is 10.2 Å². The average Bonchev–Trinajstić information content (AvgIpc) is 3.68. The van der Waals surface area contributed by atoms with Crippen molar-refractivity contribution in [3.63, 3.8) is 0 Å². The third kappa shape index (κ3) is 8.44. The first-order valence-corrected chi connectivity index (χ1v) is 14.6. The molecule has 9 nitrogen and oxygen atoms in total. The highest BCUT2D eigenvalue weighted by atomic mass is 16.6. The van der Waals surface area contributed by atoms with Crippen LogP contribution < -0.4 is 10.1 Å². The molecule has 2 heterocycles. The van der Waals surface area contributed by atoms with Crippen LogP contribution in [0.5, 0.6) is 5.75 Å². The number of benzene rings is 1. The second-order valence-electron chi connectivity index (χ2n) is 11.9. The smallest absolute Gasteiger partial charge is 0.223 e. The molecule has 2 aliphatic heterocycles. The molecule has 9 heteroatoms. The van der Waals surface area contributed by atoms with Crippen LogP contribution in [-0.4, -0.2) is 86.4 Å². The molecule has 220 valence electrons. The molecule has 4 unspecified atom stereocenters. The van der Waals surface area contributed by atoms with E-state index >= 15 is 0 Å². The molecule has 0 bridgehead atoms. The number of methoxy groups -OCH3 is 1. The van der Waals surface area contributed by atoms with Crippen LogP contribution in [0, 0.1) is 17.8 Å². The van der Waals surface area contributed by atoms with E-state index in [9.17, 15) is 19.2 Å². The largest absolute Gasteiger partial charge is 0.497 e. The molecule has 1 aromatic carbocycles. The zero-order chi connectivity index (χ0) is 28.7. The Bertz CT molecular complexity index is 1040. The van der Waals surface area contributed by atoms with Crippen molar-refractivity contribution < 1.29 is 33.4 Å². The number of nitrogens with one attached hydrogen (secondary N) is 1. The molecule has 0 spiro atoms. The molecule has 1 saturated carbocycles. The highest BCUT2D eigenvalue weighted by molar-refractivity contribution is 5.97. The molecular weight excluding hydrogens is 512 g/mol. The predicted octanol–water partition coefficient (Wildman–Crippen LogP) is 2.77. The number of carbonyl (C=O) groups excluding carboxylic acids is 4. The number of morpholine rings is 1. The molecule has 0 radical (unpaired) electrons. The summed E-state index contributed by atoms with van der Waals surface area (Å²) in [6.07, 6.45) is 4.46. The molecule has 4 atom stereocenters. The molecule has 2 saturated heterocycles. The van der Waals surface area contributed by atoms with Gasteiger partial charge in [-0.15, -0.1) is 0 Å². The third-order valence-electron chi connectivity index (χ3n) is 8.55. The van der Waals surface area contributed by atoms with Gasteiger partial charge in [0.05, 0.1) is 39.5 Å². The van der Waals surface area contributed by atoms with Crippen LogP contribution in [0.1, 0.15) is 57.9 Å². The number of hydrogen-bond donors (Lipinski definition) is 1. The van der Waals surface area contributed by atoms with Crippen molar-refractivity contribution in [3.05, 3.63) is 29.8 Å². The van der Waals surface area contributed by atoms with Crippen molar-refractivity contribution in [1.29, 1.82) is 0 Å². The number of hydrogen-bond acceptors (Lipinski definition) is 8. The van der Waals surface area contributed by atoms with Crippen LogP contribution in [0.3, 0.4) is 0 Å². The van der Waals surface area contributed by atoms with Gasteiger partial charge in [-0.05, 0) is 43.4 Å². The number of rotatable bonds is 16. The molecule has 3 fully saturated rings. The number of ketones is 3. The van der Waals surface area contributed by atoms with Gasteiger partial charge in [0.1, 0.15) is 17.1 Å². The maximum atomic E-state index is 13.7. The van der Waals surface area contributed by atoms with Crippen LogP contribution in [-0.2, 0) is 35.1 Å². The lowest BCUT2D eigenvalue weighted by Crippen LogP contribution is -2.46. The molecule has 3 aliphatic rings. The van der Waals surface area contributed by atoms with Gasteiger partial charge in [0, 0.05) is 37.8 Å². The van der Waals surface area contributed by atoms with Gasteiger partial charge >= 0.3 is 0 Å². The van der Waals surface area contributed by atoms with Gasteiger partial charge in [0.25, 0.3) is 0 Å². The Morgan fingerprint density at radius 1 is 1.10 bits per heavy atom. The van der Waals surface area contributed by atoms with Gasteiger partial charge < -0.3 is 19.5 Å². The van der Waals surface area contributed by atoms with E-state index in [1.165, 1.54) is 0 Å². The van der Waals surface area contributed by atoms with Crippen LogP contribution in [0.25, 0.3) is 0 Å².